The zero-order valence-corrected chi connectivity index (χ0v) is 15.9. The van der Waals surface area contributed by atoms with Gasteiger partial charge in [-0.15, -0.1) is 0 Å². The van der Waals surface area contributed by atoms with Crippen LogP contribution in [0.4, 0.5) is 0 Å². The number of esters is 1. The first kappa shape index (κ1) is 18.7. The van der Waals surface area contributed by atoms with E-state index in [1.54, 1.807) is 36.1 Å². The first-order valence-corrected chi connectivity index (χ1v) is 9.20. The molecule has 1 amide bonds. The monoisotopic (exact) mass is 391 g/mol. The Balaban J connectivity index is 1.83. The fraction of sp³-hybridized carbons (Fsp3) is 0.300. The van der Waals surface area contributed by atoms with Gasteiger partial charge in [-0.05, 0) is 47.9 Å². The van der Waals surface area contributed by atoms with Gasteiger partial charge >= 0.3 is 5.97 Å². The summed E-state index contributed by atoms with van der Waals surface area (Å²) in [5.41, 5.74) is 2.87. The first-order valence-electron chi connectivity index (χ1n) is 8.45. The summed E-state index contributed by atoms with van der Waals surface area (Å²) >= 11 is 12.0. The van der Waals surface area contributed by atoms with Crippen LogP contribution in [0.5, 0.6) is 0 Å². The van der Waals surface area contributed by atoms with Crippen LogP contribution in [0.2, 0.25) is 10.0 Å². The van der Waals surface area contributed by atoms with Crippen molar-refractivity contribution in [3.05, 3.63) is 69.2 Å². The number of hydrogen-bond donors (Lipinski definition) is 0. The van der Waals surface area contributed by atoms with E-state index in [0.717, 1.165) is 16.7 Å². The van der Waals surface area contributed by atoms with Crippen LogP contribution in [0, 0.1) is 0 Å². The summed E-state index contributed by atoms with van der Waals surface area (Å²) in [5.74, 6) is -1.09. The van der Waals surface area contributed by atoms with Gasteiger partial charge < -0.3 is 9.64 Å². The maximum atomic E-state index is 13.2. The highest BCUT2D eigenvalue weighted by Crippen LogP contribution is 2.31. The lowest BCUT2D eigenvalue weighted by Gasteiger charge is -2.23. The van der Waals surface area contributed by atoms with E-state index in [0.29, 0.717) is 23.1 Å². The molecule has 0 aromatic heterocycles. The molecule has 0 bridgehead atoms. The zero-order chi connectivity index (χ0) is 18.7. The Morgan fingerprint density at radius 1 is 1.04 bits per heavy atom. The van der Waals surface area contributed by atoms with E-state index in [9.17, 15) is 9.59 Å². The molecule has 0 saturated heterocycles. The SMILES string of the molecule is CCOC(=O)CC(C(=O)N1Cc2ccc(Cl)cc2C1)c1ccc(Cl)cc1. The van der Waals surface area contributed by atoms with Crippen LogP contribution in [0.3, 0.4) is 0 Å². The number of amides is 1. The normalized spacial score (nSPS) is 14.0. The number of ether oxygens (including phenoxy) is 1. The predicted octanol–water partition coefficient (Wildman–Crippen LogP) is 4.57. The van der Waals surface area contributed by atoms with Crippen molar-refractivity contribution >= 4 is 35.1 Å². The Morgan fingerprint density at radius 3 is 2.38 bits per heavy atom. The maximum Gasteiger partial charge on any atom is 0.306 e. The van der Waals surface area contributed by atoms with E-state index in [1.165, 1.54) is 0 Å². The minimum absolute atomic E-state index is 0.00189. The Kier molecular flexibility index (Phi) is 5.84. The van der Waals surface area contributed by atoms with Gasteiger partial charge in [0.15, 0.2) is 0 Å². The molecule has 6 heteroatoms. The summed E-state index contributed by atoms with van der Waals surface area (Å²) in [4.78, 5) is 27.0. The van der Waals surface area contributed by atoms with E-state index in [-0.39, 0.29) is 24.9 Å². The van der Waals surface area contributed by atoms with Crippen molar-refractivity contribution in [1.29, 1.82) is 0 Å². The summed E-state index contributed by atoms with van der Waals surface area (Å²) < 4.78 is 5.05. The van der Waals surface area contributed by atoms with E-state index in [1.807, 2.05) is 18.2 Å². The third-order valence-electron chi connectivity index (χ3n) is 4.45. The minimum atomic E-state index is -0.601. The third kappa shape index (κ3) is 4.19. The van der Waals surface area contributed by atoms with Crippen LogP contribution in [-0.2, 0) is 27.4 Å². The standard InChI is InChI=1S/C20H19Cl2NO3/c1-2-26-19(24)10-18(13-3-6-16(21)7-4-13)20(25)23-11-14-5-8-17(22)9-15(14)12-23/h3-9,18H,2,10-12H2,1H3. The molecular formula is C20H19Cl2NO3. The van der Waals surface area contributed by atoms with Gasteiger partial charge in [-0.3, -0.25) is 9.59 Å². The van der Waals surface area contributed by atoms with Crippen LogP contribution in [-0.4, -0.2) is 23.4 Å². The van der Waals surface area contributed by atoms with Crippen LogP contribution >= 0.6 is 23.2 Å². The second-order valence-electron chi connectivity index (χ2n) is 6.22. The van der Waals surface area contributed by atoms with Crippen molar-refractivity contribution in [2.45, 2.75) is 32.4 Å². The molecule has 0 aliphatic carbocycles. The Labute approximate surface area is 162 Å². The molecule has 0 N–H and O–H groups in total. The number of halogens is 2. The molecule has 4 nitrogen and oxygen atoms in total. The second-order valence-corrected chi connectivity index (χ2v) is 7.09. The largest absolute Gasteiger partial charge is 0.466 e. The lowest BCUT2D eigenvalue weighted by molar-refractivity contribution is -0.146. The molecule has 0 spiro atoms. The highest BCUT2D eigenvalue weighted by Gasteiger charge is 2.32. The quantitative estimate of drug-likeness (QED) is 0.701. The number of hydrogen-bond acceptors (Lipinski definition) is 3. The Bertz CT molecular complexity index is 820. The second kappa shape index (κ2) is 8.11. The van der Waals surface area contributed by atoms with Gasteiger partial charge in [-0.25, -0.2) is 0 Å². The molecule has 136 valence electrons. The number of carbonyl (C=O) groups is 2. The van der Waals surface area contributed by atoms with E-state index in [4.69, 9.17) is 27.9 Å². The molecule has 1 aliphatic rings. The van der Waals surface area contributed by atoms with Gasteiger partial charge in [0.25, 0.3) is 0 Å². The molecule has 2 aromatic rings. The lowest BCUT2D eigenvalue weighted by atomic mass is 9.94. The summed E-state index contributed by atoms with van der Waals surface area (Å²) in [5, 5.41) is 1.23. The van der Waals surface area contributed by atoms with Gasteiger partial charge in [0.2, 0.25) is 5.91 Å². The van der Waals surface area contributed by atoms with Gasteiger partial charge in [0, 0.05) is 23.1 Å². The fourth-order valence-electron chi connectivity index (χ4n) is 3.17. The lowest BCUT2D eigenvalue weighted by Crippen LogP contribution is -2.32. The third-order valence-corrected chi connectivity index (χ3v) is 4.94. The number of carbonyl (C=O) groups excluding carboxylic acids is 2. The molecule has 0 fully saturated rings. The maximum absolute atomic E-state index is 13.2. The number of rotatable bonds is 5. The molecule has 1 heterocycles. The first-order chi connectivity index (χ1) is 12.5. The average Bonchev–Trinajstić information content (AvgIpc) is 3.03. The molecule has 0 saturated carbocycles. The van der Waals surface area contributed by atoms with E-state index >= 15 is 0 Å². The van der Waals surface area contributed by atoms with Gasteiger partial charge in [-0.1, -0.05) is 41.4 Å². The zero-order valence-electron chi connectivity index (χ0n) is 14.4. The highest BCUT2D eigenvalue weighted by atomic mass is 35.5. The summed E-state index contributed by atoms with van der Waals surface area (Å²) in [6, 6.07) is 12.7. The average molecular weight is 392 g/mol. The summed E-state index contributed by atoms with van der Waals surface area (Å²) in [6.07, 6.45) is 0.00189. The molecule has 1 unspecified atom stereocenters. The number of nitrogens with zero attached hydrogens (tertiary/aromatic N) is 1. The summed E-state index contributed by atoms with van der Waals surface area (Å²) in [7, 11) is 0. The van der Waals surface area contributed by atoms with Crippen molar-refractivity contribution in [3.63, 3.8) is 0 Å². The van der Waals surface area contributed by atoms with Crippen LogP contribution < -0.4 is 0 Å². The van der Waals surface area contributed by atoms with Crippen LogP contribution in [0.1, 0.15) is 36.0 Å². The smallest absolute Gasteiger partial charge is 0.306 e. The highest BCUT2D eigenvalue weighted by molar-refractivity contribution is 6.30. The molecule has 0 radical (unpaired) electrons. The van der Waals surface area contributed by atoms with Crippen molar-refractivity contribution in [2.75, 3.05) is 6.61 Å². The van der Waals surface area contributed by atoms with Gasteiger partial charge in [0.1, 0.15) is 0 Å². The molecular weight excluding hydrogens is 373 g/mol. The number of benzene rings is 2. The van der Waals surface area contributed by atoms with Crippen molar-refractivity contribution in [3.8, 4) is 0 Å². The Hall–Kier alpha value is -2.04. The van der Waals surface area contributed by atoms with E-state index in [2.05, 4.69) is 0 Å². The minimum Gasteiger partial charge on any atom is -0.466 e. The number of fused-ring (bicyclic) bond motifs is 1. The van der Waals surface area contributed by atoms with Gasteiger partial charge in [-0.2, -0.15) is 0 Å². The molecule has 3 rings (SSSR count). The molecule has 1 atom stereocenters. The van der Waals surface area contributed by atoms with Crippen LogP contribution in [0.25, 0.3) is 0 Å². The summed E-state index contributed by atoms with van der Waals surface area (Å²) in [6.45, 7) is 3.03. The molecule has 26 heavy (non-hydrogen) atoms. The molecule has 2 aromatic carbocycles. The van der Waals surface area contributed by atoms with Crippen molar-refractivity contribution in [2.24, 2.45) is 0 Å². The fourth-order valence-corrected chi connectivity index (χ4v) is 3.49. The molecule has 1 aliphatic heterocycles. The van der Waals surface area contributed by atoms with Gasteiger partial charge in [0.05, 0.1) is 18.9 Å². The Morgan fingerprint density at radius 2 is 1.69 bits per heavy atom. The van der Waals surface area contributed by atoms with Crippen molar-refractivity contribution < 1.29 is 14.3 Å². The predicted molar refractivity (Wildman–Crippen MR) is 101 cm³/mol. The topological polar surface area (TPSA) is 46.6 Å². The van der Waals surface area contributed by atoms with Crippen LogP contribution in [0.15, 0.2) is 42.5 Å². The van der Waals surface area contributed by atoms with Crippen molar-refractivity contribution in [1.82, 2.24) is 4.90 Å². The van der Waals surface area contributed by atoms with E-state index < -0.39 is 5.92 Å².